The summed E-state index contributed by atoms with van der Waals surface area (Å²) in [5, 5.41) is 0.985. The number of H-pyrrole nitrogens is 1. The molecule has 0 aliphatic heterocycles. The molecule has 0 aliphatic rings. The summed E-state index contributed by atoms with van der Waals surface area (Å²) in [6.07, 6.45) is 0.569. The number of hydrogen-bond acceptors (Lipinski definition) is 7. The Hall–Kier alpha value is -3.33. The third kappa shape index (κ3) is 3.44. The Morgan fingerprint density at radius 3 is 2.83 bits per heavy atom. The first-order valence-electron chi connectivity index (χ1n) is 8.98. The summed E-state index contributed by atoms with van der Waals surface area (Å²) in [6.45, 7) is 5.13. The van der Waals surface area contributed by atoms with Crippen molar-refractivity contribution in [3.63, 3.8) is 0 Å². The topological polar surface area (TPSA) is 107 Å². The van der Waals surface area contributed by atoms with E-state index in [0.29, 0.717) is 21.1 Å². The molecular weight excluding hydrogens is 392 g/mol. The number of para-hydroxylation sites is 1. The van der Waals surface area contributed by atoms with E-state index in [1.165, 1.54) is 22.2 Å². The van der Waals surface area contributed by atoms with Crippen molar-refractivity contribution in [2.45, 2.75) is 33.4 Å². The molecule has 1 N–H and O–H groups in total. The second-order valence-electron chi connectivity index (χ2n) is 6.74. The van der Waals surface area contributed by atoms with Gasteiger partial charge in [-0.2, -0.15) is 0 Å². The second kappa shape index (κ2) is 7.25. The number of nitrogens with one attached hydrogen (secondary N) is 1. The van der Waals surface area contributed by atoms with Gasteiger partial charge in [-0.15, -0.1) is 11.3 Å². The van der Waals surface area contributed by atoms with Crippen molar-refractivity contribution in [1.82, 2.24) is 19.5 Å². The largest absolute Gasteiger partial charge is 0.453 e. The van der Waals surface area contributed by atoms with E-state index in [9.17, 15) is 14.4 Å². The van der Waals surface area contributed by atoms with Crippen molar-refractivity contribution in [1.29, 1.82) is 0 Å². The summed E-state index contributed by atoms with van der Waals surface area (Å²) >= 11 is 1.45. The molecule has 0 saturated carbocycles. The van der Waals surface area contributed by atoms with Gasteiger partial charge in [0.25, 0.3) is 11.1 Å². The lowest BCUT2D eigenvalue weighted by Gasteiger charge is -2.13. The fraction of sp³-hybridized carbons (Fsp3) is 0.250. The minimum Gasteiger partial charge on any atom is -0.453 e. The molecule has 1 atom stereocenters. The van der Waals surface area contributed by atoms with E-state index in [4.69, 9.17) is 4.74 Å². The zero-order valence-corrected chi connectivity index (χ0v) is 16.9. The average molecular weight is 410 g/mol. The number of thiophene rings is 1. The summed E-state index contributed by atoms with van der Waals surface area (Å²) < 4.78 is 6.62. The number of aryl methyl sites for hydroxylation is 2. The van der Waals surface area contributed by atoms with E-state index in [2.05, 4.69) is 15.0 Å². The molecule has 0 bridgehead atoms. The first-order valence-corrected chi connectivity index (χ1v) is 9.80. The number of carbonyl (C=O) groups is 1. The van der Waals surface area contributed by atoms with Crippen LogP contribution in [0.4, 0.5) is 0 Å². The number of esters is 1. The highest BCUT2D eigenvalue weighted by molar-refractivity contribution is 7.18. The minimum absolute atomic E-state index is 0.243. The Balaban J connectivity index is 1.56. The molecule has 0 saturated heterocycles. The van der Waals surface area contributed by atoms with Gasteiger partial charge in [-0.3, -0.25) is 19.0 Å². The van der Waals surface area contributed by atoms with E-state index in [1.54, 1.807) is 31.2 Å². The van der Waals surface area contributed by atoms with Crippen molar-refractivity contribution in [3.8, 4) is 0 Å². The van der Waals surface area contributed by atoms with Gasteiger partial charge in [0, 0.05) is 4.88 Å². The van der Waals surface area contributed by atoms with Gasteiger partial charge in [0.15, 0.2) is 11.9 Å². The number of fused-ring (bicyclic) bond motifs is 2. The standard InChI is InChI=1S/C20H18N4O4S/c1-10-12(3)29-19-16(10)20(27)24(9-21-19)8-15(25)28-11(2)17-22-14-7-5-4-6-13(14)18(26)23-17/h4-7,9,11H,8H2,1-3H3,(H,22,23,26)/t11-/m0/s1. The maximum atomic E-state index is 12.7. The van der Waals surface area contributed by atoms with Crippen LogP contribution in [0.25, 0.3) is 21.1 Å². The number of benzene rings is 1. The first-order chi connectivity index (χ1) is 13.8. The van der Waals surface area contributed by atoms with Crippen molar-refractivity contribution >= 4 is 38.4 Å². The van der Waals surface area contributed by atoms with E-state index in [1.807, 2.05) is 13.8 Å². The Morgan fingerprint density at radius 2 is 2.03 bits per heavy atom. The van der Waals surface area contributed by atoms with Gasteiger partial charge in [0.1, 0.15) is 11.4 Å². The first kappa shape index (κ1) is 19.0. The highest BCUT2D eigenvalue weighted by atomic mass is 32.1. The average Bonchev–Trinajstić information content (AvgIpc) is 2.98. The number of rotatable bonds is 4. The van der Waals surface area contributed by atoms with Gasteiger partial charge in [-0.05, 0) is 38.5 Å². The molecule has 1 aromatic carbocycles. The number of nitrogens with zero attached hydrogens (tertiary/aromatic N) is 3. The van der Waals surface area contributed by atoms with Crippen LogP contribution in [0, 0.1) is 13.8 Å². The highest BCUT2D eigenvalue weighted by Crippen LogP contribution is 2.25. The molecular formula is C20H18N4O4S. The lowest BCUT2D eigenvalue weighted by molar-refractivity contribution is -0.149. The Kier molecular flexibility index (Phi) is 4.75. The SMILES string of the molecule is Cc1sc2ncn(CC(=O)O[C@@H](C)c3nc4ccccc4c(=O)[nH]3)c(=O)c2c1C. The smallest absolute Gasteiger partial charge is 0.326 e. The Morgan fingerprint density at radius 1 is 1.28 bits per heavy atom. The molecule has 3 aromatic heterocycles. The summed E-state index contributed by atoms with van der Waals surface area (Å²) in [6, 6.07) is 6.92. The van der Waals surface area contributed by atoms with Crippen LogP contribution in [0.2, 0.25) is 0 Å². The van der Waals surface area contributed by atoms with Gasteiger partial charge >= 0.3 is 5.97 Å². The van der Waals surface area contributed by atoms with Crippen LogP contribution in [0.1, 0.15) is 29.3 Å². The molecule has 0 unspecified atom stereocenters. The summed E-state index contributed by atoms with van der Waals surface area (Å²) in [5.41, 5.74) is 0.807. The summed E-state index contributed by atoms with van der Waals surface area (Å²) in [4.78, 5) is 50.2. The van der Waals surface area contributed by atoms with E-state index in [-0.39, 0.29) is 23.5 Å². The molecule has 0 aliphatic carbocycles. The molecule has 0 spiro atoms. The predicted molar refractivity (Wildman–Crippen MR) is 110 cm³/mol. The fourth-order valence-corrected chi connectivity index (χ4v) is 4.10. The van der Waals surface area contributed by atoms with Crippen LogP contribution in [0.3, 0.4) is 0 Å². The van der Waals surface area contributed by atoms with Crippen LogP contribution in [0.15, 0.2) is 40.2 Å². The lowest BCUT2D eigenvalue weighted by atomic mass is 10.2. The molecule has 3 heterocycles. The van der Waals surface area contributed by atoms with Crippen LogP contribution in [-0.2, 0) is 16.1 Å². The molecule has 4 aromatic rings. The maximum absolute atomic E-state index is 12.7. The van der Waals surface area contributed by atoms with Gasteiger partial charge in [-0.25, -0.2) is 9.97 Å². The Bertz CT molecular complexity index is 1370. The third-order valence-electron chi connectivity index (χ3n) is 4.78. The number of aromatic nitrogens is 4. The van der Waals surface area contributed by atoms with Crippen molar-refractivity contribution < 1.29 is 9.53 Å². The van der Waals surface area contributed by atoms with Crippen molar-refractivity contribution in [3.05, 3.63) is 67.6 Å². The van der Waals surface area contributed by atoms with Crippen LogP contribution < -0.4 is 11.1 Å². The minimum atomic E-state index is -0.780. The third-order valence-corrected chi connectivity index (χ3v) is 5.89. The molecule has 9 heteroatoms. The second-order valence-corrected chi connectivity index (χ2v) is 7.94. The number of carbonyl (C=O) groups excluding carboxylic acids is 1. The van der Waals surface area contributed by atoms with Gasteiger partial charge in [-0.1, -0.05) is 12.1 Å². The van der Waals surface area contributed by atoms with Crippen LogP contribution >= 0.6 is 11.3 Å². The normalized spacial score (nSPS) is 12.4. The monoisotopic (exact) mass is 410 g/mol. The van der Waals surface area contributed by atoms with Gasteiger partial charge < -0.3 is 9.72 Å². The molecule has 4 rings (SSSR count). The summed E-state index contributed by atoms with van der Waals surface area (Å²) in [7, 11) is 0. The predicted octanol–water partition coefficient (Wildman–Crippen LogP) is 2.62. The molecule has 0 amide bonds. The highest BCUT2D eigenvalue weighted by Gasteiger charge is 2.18. The van der Waals surface area contributed by atoms with Crippen molar-refractivity contribution in [2.24, 2.45) is 0 Å². The van der Waals surface area contributed by atoms with Gasteiger partial charge in [0.05, 0.1) is 22.6 Å². The van der Waals surface area contributed by atoms with E-state index < -0.39 is 12.1 Å². The lowest BCUT2D eigenvalue weighted by Crippen LogP contribution is -2.26. The number of aromatic amines is 1. The molecule has 8 nitrogen and oxygen atoms in total. The number of ether oxygens (including phenoxy) is 1. The van der Waals surface area contributed by atoms with Crippen LogP contribution in [0.5, 0.6) is 0 Å². The quantitative estimate of drug-likeness (QED) is 0.518. The number of hydrogen-bond donors (Lipinski definition) is 1. The maximum Gasteiger partial charge on any atom is 0.326 e. The van der Waals surface area contributed by atoms with Crippen LogP contribution in [-0.4, -0.2) is 25.5 Å². The molecule has 0 radical (unpaired) electrons. The molecule has 0 fully saturated rings. The van der Waals surface area contributed by atoms with Crippen molar-refractivity contribution in [2.75, 3.05) is 0 Å². The summed E-state index contributed by atoms with van der Waals surface area (Å²) in [5.74, 6) is -0.381. The zero-order chi connectivity index (χ0) is 20.7. The Labute approximate surface area is 168 Å². The van der Waals surface area contributed by atoms with Gasteiger partial charge in [0.2, 0.25) is 0 Å². The zero-order valence-electron chi connectivity index (χ0n) is 16.1. The fourth-order valence-electron chi connectivity index (χ4n) is 3.11. The molecule has 29 heavy (non-hydrogen) atoms. The molecule has 148 valence electrons. The van der Waals surface area contributed by atoms with E-state index >= 15 is 0 Å². The van der Waals surface area contributed by atoms with E-state index in [0.717, 1.165) is 10.4 Å².